The van der Waals surface area contributed by atoms with Gasteiger partial charge in [-0.25, -0.2) is 33.1 Å². The van der Waals surface area contributed by atoms with E-state index in [1.165, 1.54) is 37.0 Å². The molecule has 23 nitrogen and oxygen atoms in total. The van der Waals surface area contributed by atoms with Crippen molar-refractivity contribution in [2.45, 2.75) is 126 Å². The van der Waals surface area contributed by atoms with E-state index < -0.39 is 62.6 Å². The van der Waals surface area contributed by atoms with E-state index in [1.807, 2.05) is 32.0 Å². The lowest BCUT2D eigenvalue weighted by atomic mass is 9.87. The molecule has 0 saturated carbocycles. The van der Waals surface area contributed by atoms with Crippen LogP contribution in [0.2, 0.25) is 0 Å². The van der Waals surface area contributed by atoms with Crippen LogP contribution in [0.25, 0.3) is 10.9 Å². The summed E-state index contributed by atoms with van der Waals surface area (Å²) in [6.07, 6.45) is 7.59. The van der Waals surface area contributed by atoms with Gasteiger partial charge in [-0.1, -0.05) is 24.3 Å². The Morgan fingerprint density at radius 1 is 0.923 bits per heavy atom. The second-order valence-electron chi connectivity index (χ2n) is 21.7. The minimum atomic E-state index is -3.86. The van der Waals surface area contributed by atoms with Crippen molar-refractivity contribution in [1.29, 1.82) is 0 Å². The molecule has 78 heavy (non-hydrogen) atoms. The molecule has 0 bridgehead atoms. The summed E-state index contributed by atoms with van der Waals surface area (Å²) >= 11 is 0. The van der Waals surface area contributed by atoms with Gasteiger partial charge in [-0.2, -0.15) is 5.10 Å². The Kier molecular flexibility index (Phi) is 16.2. The first-order chi connectivity index (χ1) is 37.2. The minimum absolute atomic E-state index is 0.0522. The third kappa shape index (κ3) is 11.5. The smallest absolute Gasteiger partial charge is 0.407 e. The Morgan fingerprint density at radius 3 is 2.40 bits per heavy atom. The molecule has 416 valence electrons. The second kappa shape index (κ2) is 22.9. The zero-order valence-corrected chi connectivity index (χ0v) is 46.1. The van der Waals surface area contributed by atoms with Crippen molar-refractivity contribution in [2.75, 3.05) is 69.7 Å². The fourth-order valence-corrected chi connectivity index (χ4v) is 12.0. The number of hydrogen-bond acceptors (Lipinski definition) is 16. The van der Waals surface area contributed by atoms with Crippen LogP contribution in [0, 0.1) is 13.8 Å². The molecule has 4 aliphatic rings. The molecule has 0 unspecified atom stereocenters. The van der Waals surface area contributed by atoms with Crippen LogP contribution < -0.4 is 25.6 Å². The number of nitrogens with zero attached hydrogens (tertiary/aromatic N) is 10. The van der Waals surface area contributed by atoms with Crippen LogP contribution in [0.15, 0.2) is 60.0 Å². The Bertz CT molecular complexity index is 3180. The molecular formula is C54H70N14O9S. The zero-order chi connectivity index (χ0) is 55.6. The number of carbonyl (C=O) groups excluding carboxylic acids is 4. The average molecular weight is 1090 g/mol. The van der Waals surface area contributed by atoms with Crippen LogP contribution in [0.4, 0.5) is 22.2 Å². The summed E-state index contributed by atoms with van der Waals surface area (Å²) < 4.78 is 33.1. The number of sulfone groups is 1. The van der Waals surface area contributed by atoms with Gasteiger partial charge in [0.2, 0.25) is 17.7 Å². The van der Waals surface area contributed by atoms with Crippen LogP contribution >= 0.6 is 0 Å². The summed E-state index contributed by atoms with van der Waals surface area (Å²) in [5.41, 5.74) is 4.62. The maximum atomic E-state index is 14.7. The number of rotatable bonds is 15. The number of anilines is 3. The van der Waals surface area contributed by atoms with E-state index in [1.54, 1.807) is 44.0 Å². The Hall–Kier alpha value is -7.47. The number of carbonyl (C=O) groups is 5. The second-order valence-corrected chi connectivity index (χ2v) is 24.4. The standard InChI is InChI=1S/C54H70N14O9S/c1-32-33(2)62-63-47(32)61-48-38-26-45(78(75,76)54(4,5)6)44(27-40(38)57-31-58-48)77-25-11-19-65-21-23-66(24-22-65)46-29-55-41(28-56-46)51(71)67-20-18-36-16-17-43(50(70)59-39-15-10-13-35-12-8-9-14-37(35)39)68(36)52(72)42(30-67)60-49(69)34(3)64(7)53(73)74/h8-9,12,14,26-29,31,34,36,39,42-43H,10-11,13,15-25,30H2,1-7H3,(H,59,70)(H,60,69)(H,73,74)(H2,57,58,61,62,63)/t34-,36+,39+,42-,43-/m0/s1. The SMILES string of the molecule is Cc1[nH]nc(Nc2ncnc3cc(OCCCN4CCN(c5cnc(C(=O)N6CC[C@H]7CC[C@@H](C(=O)N[C@@H]8CCCc9ccccc98)N7C(=O)[C@@H](NC(=O)[C@H](C)N(C)C(=O)O)C6)cn5)CC4)c(S(=O)(=O)C(C)(C)C)cc23)c1C. The summed E-state index contributed by atoms with van der Waals surface area (Å²) in [5.74, 6) is -0.203. The van der Waals surface area contributed by atoms with Crippen molar-refractivity contribution in [3.05, 3.63) is 83.2 Å². The Labute approximate surface area is 453 Å². The quantitative estimate of drug-likeness (QED) is 0.0899. The van der Waals surface area contributed by atoms with E-state index in [0.717, 1.165) is 41.0 Å². The molecule has 6 heterocycles. The number of aromatic nitrogens is 6. The van der Waals surface area contributed by atoms with Crippen LogP contribution in [-0.4, -0.2) is 181 Å². The number of benzene rings is 2. The number of aryl methyl sites for hydroxylation is 2. The predicted octanol–water partition coefficient (Wildman–Crippen LogP) is 4.55. The van der Waals surface area contributed by atoms with Crippen molar-refractivity contribution in [2.24, 2.45) is 0 Å². The molecule has 3 fully saturated rings. The highest BCUT2D eigenvalue weighted by Crippen LogP contribution is 2.38. The number of amides is 5. The molecular weight excluding hydrogens is 1020 g/mol. The molecule has 9 rings (SSSR count). The number of ether oxygens (including phenoxy) is 1. The van der Waals surface area contributed by atoms with Gasteiger partial charge in [0.15, 0.2) is 15.7 Å². The number of carboxylic acid groups (broad SMARTS) is 1. The molecule has 0 radical (unpaired) electrons. The van der Waals surface area contributed by atoms with Crippen molar-refractivity contribution >= 4 is 67.9 Å². The molecule has 5 N–H and O–H groups in total. The highest BCUT2D eigenvalue weighted by Gasteiger charge is 2.46. The molecule has 24 heteroatoms. The van der Waals surface area contributed by atoms with E-state index in [4.69, 9.17) is 4.74 Å². The van der Waals surface area contributed by atoms with Gasteiger partial charge in [0, 0.05) is 75.1 Å². The lowest BCUT2D eigenvalue weighted by Crippen LogP contribution is -2.62. The van der Waals surface area contributed by atoms with Gasteiger partial charge in [-0.05, 0) is 104 Å². The third-order valence-electron chi connectivity index (χ3n) is 15.8. The summed E-state index contributed by atoms with van der Waals surface area (Å²) in [7, 11) is -2.61. The number of fused-ring (bicyclic) bond motifs is 3. The van der Waals surface area contributed by atoms with Gasteiger partial charge in [-0.15, -0.1) is 0 Å². The molecule has 0 spiro atoms. The maximum absolute atomic E-state index is 14.7. The van der Waals surface area contributed by atoms with Gasteiger partial charge < -0.3 is 40.5 Å². The fourth-order valence-electron chi connectivity index (χ4n) is 10.7. The molecule has 1 aliphatic carbocycles. The molecule has 5 amide bonds. The molecule has 3 saturated heterocycles. The van der Waals surface area contributed by atoms with Gasteiger partial charge in [0.25, 0.3) is 5.91 Å². The third-order valence-corrected chi connectivity index (χ3v) is 18.3. The normalized spacial score (nSPS) is 20.5. The Morgan fingerprint density at radius 2 is 1.69 bits per heavy atom. The van der Waals surface area contributed by atoms with Gasteiger partial charge >= 0.3 is 6.09 Å². The first kappa shape index (κ1) is 55.3. The van der Waals surface area contributed by atoms with Crippen molar-refractivity contribution < 1.29 is 42.2 Å². The highest BCUT2D eigenvalue weighted by atomic mass is 32.2. The minimum Gasteiger partial charge on any atom is -0.492 e. The highest BCUT2D eigenvalue weighted by molar-refractivity contribution is 7.92. The van der Waals surface area contributed by atoms with Crippen molar-refractivity contribution in [3.63, 3.8) is 0 Å². The van der Waals surface area contributed by atoms with E-state index in [-0.39, 0.29) is 48.0 Å². The van der Waals surface area contributed by atoms with Crippen LogP contribution in [0.1, 0.15) is 105 Å². The number of nitrogens with one attached hydrogen (secondary N) is 4. The number of hydrogen-bond donors (Lipinski definition) is 5. The number of likely N-dealkylation sites (N-methyl/N-ethyl adjacent to an activating group) is 1. The molecule has 2 aromatic carbocycles. The lowest BCUT2D eigenvalue weighted by molar-refractivity contribution is -0.145. The van der Waals surface area contributed by atoms with Gasteiger partial charge in [0.1, 0.15) is 52.4 Å². The number of piperazine rings is 1. The molecule has 3 aromatic heterocycles. The molecule has 5 aromatic rings. The first-order valence-corrected chi connectivity index (χ1v) is 28.2. The largest absolute Gasteiger partial charge is 0.492 e. The van der Waals surface area contributed by atoms with E-state index in [0.29, 0.717) is 86.8 Å². The number of aromatic amines is 1. The number of H-pyrrole nitrogens is 1. The lowest BCUT2D eigenvalue weighted by Gasteiger charge is -2.39. The summed E-state index contributed by atoms with van der Waals surface area (Å²) in [4.78, 5) is 94.8. The average Bonchev–Trinajstić information content (AvgIpc) is 4.09. The van der Waals surface area contributed by atoms with Crippen molar-refractivity contribution in [3.8, 4) is 5.75 Å². The van der Waals surface area contributed by atoms with E-state index in [9.17, 15) is 37.5 Å². The summed E-state index contributed by atoms with van der Waals surface area (Å²) in [5, 5.41) is 26.6. The van der Waals surface area contributed by atoms with Crippen molar-refractivity contribution in [1.82, 2.24) is 60.4 Å². The fraction of sp³-hybridized carbons (Fsp3) is 0.519. The summed E-state index contributed by atoms with van der Waals surface area (Å²) in [6, 6.07) is 7.43. The van der Waals surface area contributed by atoms with Gasteiger partial charge in [-0.3, -0.25) is 34.1 Å². The topological polar surface area (TPSA) is 281 Å². The molecule has 5 atom stereocenters. The molecule has 3 aliphatic heterocycles. The van der Waals surface area contributed by atoms with E-state index in [2.05, 4.69) is 61.9 Å². The van der Waals surface area contributed by atoms with Crippen LogP contribution in [-0.2, 0) is 30.6 Å². The van der Waals surface area contributed by atoms with Crippen LogP contribution in [0.5, 0.6) is 5.75 Å². The zero-order valence-electron chi connectivity index (χ0n) is 45.3. The van der Waals surface area contributed by atoms with Gasteiger partial charge in [0.05, 0.1) is 41.9 Å². The first-order valence-electron chi connectivity index (χ1n) is 26.7. The van der Waals surface area contributed by atoms with Crippen LogP contribution in [0.3, 0.4) is 0 Å². The Balaban J connectivity index is 0.818. The van der Waals surface area contributed by atoms with E-state index >= 15 is 0 Å². The predicted molar refractivity (Wildman–Crippen MR) is 290 cm³/mol. The monoisotopic (exact) mass is 1090 g/mol. The maximum Gasteiger partial charge on any atom is 0.407 e. The summed E-state index contributed by atoms with van der Waals surface area (Å²) in [6.45, 7) is 13.8.